The second-order valence-electron chi connectivity index (χ2n) is 4.68. The molecule has 2 aromatic rings. The molecule has 0 saturated heterocycles. The molecule has 0 radical (unpaired) electrons. The van der Waals surface area contributed by atoms with Crippen molar-refractivity contribution >= 4 is 17.4 Å². The summed E-state index contributed by atoms with van der Waals surface area (Å²) in [4.78, 5) is 7.98. The monoisotopic (exact) mass is 281 g/mol. The van der Waals surface area contributed by atoms with E-state index in [4.69, 9.17) is 16.0 Å². The molecule has 0 aromatic carbocycles. The Morgan fingerprint density at radius 1 is 1.42 bits per heavy atom. The van der Waals surface area contributed by atoms with E-state index in [2.05, 4.69) is 15.3 Å². The molecule has 2 aromatic heterocycles. The van der Waals surface area contributed by atoms with Gasteiger partial charge in [0.05, 0.1) is 12.4 Å². The Kier molecular flexibility index (Phi) is 3.78. The molecule has 1 atom stereocenters. The first kappa shape index (κ1) is 13.8. The molecule has 0 saturated carbocycles. The third-order valence-electron chi connectivity index (χ3n) is 2.84. The number of furan rings is 1. The number of aliphatic hydroxyl groups is 1. The Balaban J connectivity index is 2.11. The van der Waals surface area contributed by atoms with E-state index in [1.165, 1.54) is 6.20 Å². The van der Waals surface area contributed by atoms with Crippen molar-refractivity contribution < 1.29 is 9.52 Å². The summed E-state index contributed by atoms with van der Waals surface area (Å²) in [5.41, 5.74) is -0.307. The molecule has 2 heterocycles. The number of aromatic nitrogens is 2. The molecule has 2 rings (SSSR count). The fourth-order valence-corrected chi connectivity index (χ4v) is 2.10. The van der Waals surface area contributed by atoms with Gasteiger partial charge < -0.3 is 14.8 Å². The largest absolute Gasteiger partial charge is 0.466 e. The average molecular weight is 282 g/mol. The lowest BCUT2D eigenvalue weighted by Crippen LogP contribution is -2.31. The summed E-state index contributed by atoms with van der Waals surface area (Å²) in [6.07, 6.45) is 3.00. The summed E-state index contributed by atoms with van der Waals surface area (Å²) in [6, 6.07) is 1.83. The molecule has 6 heteroatoms. The molecule has 2 N–H and O–H groups in total. The van der Waals surface area contributed by atoms with Crippen LogP contribution < -0.4 is 5.32 Å². The number of anilines is 1. The first-order chi connectivity index (χ1) is 8.88. The highest BCUT2D eigenvalue weighted by atomic mass is 35.5. The number of hydrogen-bond acceptors (Lipinski definition) is 5. The van der Waals surface area contributed by atoms with Gasteiger partial charge in [0.2, 0.25) is 0 Å². The zero-order chi connectivity index (χ0) is 14.0. The van der Waals surface area contributed by atoms with Gasteiger partial charge in [-0.15, -0.1) is 0 Å². The van der Waals surface area contributed by atoms with E-state index in [-0.39, 0.29) is 6.54 Å². The molecule has 0 fully saturated rings. The minimum atomic E-state index is -1.06. The molecule has 19 heavy (non-hydrogen) atoms. The van der Waals surface area contributed by atoms with Crippen LogP contribution >= 0.6 is 11.6 Å². The molecule has 0 aliphatic rings. The maximum absolute atomic E-state index is 10.5. The van der Waals surface area contributed by atoms with E-state index in [0.29, 0.717) is 16.7 Å². The molecule has 5 nitrogen and oxygen atoms in total. The number of nitrogens with zero attached hydrogens (tertiary/aromatic N) is 2. The van der Waals surface area contributed by atoms with Crippen molar-refractivity contribution in [3.05, 3.63) is 40.7 Å². The molecule has 102 valence electrons. The maximum atomic E-state index is 10.5. The number of hydrogen-bond donors (Lipinski definition) is 2. The minimum Gasteiger partial charge on any atom is -0.466 e. The Hall–Kier alpha value is -1.59. The second kappa shape index (κ2) is 5.19. The van der Waals surface area contributed by atoms with Crippen LogP contribution in [0.15, 0.2) is 22.9 Å². The number of nitrogens with one attached hydrogen (secondary N) is 1. The first-order valence-electron chi connectivity index (χ1n) is 5.90. The van der Waals surface area contributed by atoms with Crippen LogP contribution in [0.4, 0.5) is 5.82 Å². The van der Waals surface area contributed by atoms with Crippen molar-refractivity contribution in [1.29, 1.82) is 0 Å². The summed E-state index contributed by atoms with van der Waals surface area (Å²) in [5.74, 6) is 2.00. The van der Waals surface area contributed by atoms with E-state index in [9.17, 15) is 5.11 Å². The lowest BCUT2D eigenvalue weighted by atomic mass is 9.96. The zero-order valence-electron chi connectivity index (χ0n) is 11.1. The molecular weight excluding hydrogens is 266 g/mol. The highest BCUT2D eigenvalue weighted by Crippen LogP contribution is 2.27. The van der Waals surface area contributed by atoms with Gasteiger partial charge in [-0.2, -0.15) is 0 Å². The van der Waals surface area contributed by atoms with E-state index in [1.807, 2.05) is 19.9 Å². The van der Waals surface area contributed by atoms with Crippen molar-refractivity contribution in [2.45, 2.75) is 26.4 Å². The number of aryl methyl sites for hydroxylation is 2. The van der Waals surface area contributed by atoms with Crippen molar-refractivity contribution in [1.82, 2.24) is 9.97 Å². The summed E-state index contributed by atoms with van der Waals surface area (Å²) >= 11 is 5.75. The van der Waals surface area contributed by atoms with E-state index >= 15 is 0 Å². The molecular formula is C13H16ClN3O2. The third kappa shape index (κ3) is 3.24. The fourth-order valence-electron chi connectivity index (χ4n) is 1.95. The molecule has 0 bridgehead atoms. The summed E-state index contributed by atoms with van der Waals surface area (Å²) in [5, 5.41) is 13.8. The van der Waals surface area contributed by atoms with Crippen LogP contribution in [0, 0.1) is 13.8 Å². The second-order valence-corrected chi connectivity index (χ2v) is 5.07. The highest BCUT2D eigenvalue weighted by molar-refractivity contribution is 6.29. The van der Waals surface area contributed by atoms with E-state index in [0.717, 1.165) is 11.3 Å². The van der Waals surface area contributed by atoms with Gasteiger partial charge in [-0.05, 0) is 26.8 Å². The van der Waals surface area contributed by atoms with Crippen LogP contribution in [0.2, 0.25) is 5.15 Å². The zero-order valence-corrected chi connectivity index (χ0v) is 11.8. The lowest BCUT2D eigenvalue weighted by Gasteiger charge is -2.23. The maximum Gasteiger partial charge on any atom is 0.149 e. The standard InChI is InChI=1S/C13H16ClN3O2/c1-8-4-10(9(2)19-8)13(3,18)7-16-12-6-15-5-11(14)17-12/h4-6,18H,7H2,1-3H3,(H,16,17)/t13-/m1/s1. The molecule has 0 amide bonds. The molecule has 0 unspecified atom stereocenters. The smallest absolute Gasteiger partial charge is 0.149 e. The topological polar surface area (TPSA) is 71.2 Å². The predicted octanol–water partition coefficient (Wildman–Crippen LogP) is 2.66. The lowest BCUT2D eigenvalue weighted by molar-refractivity contribution is 0.0698. The average Bonchev–Trinajstić information content (AvgIpc) is 2.67. The number of halogens is 1. The minimum absolute atomic E-state index is 0.280. The molecule has 0 aliphatic carbocycles. The Morgan fingerprint density at radius 3 is 2.74 bits per heavy atom. The van der Waals surface area contributed by atoms with Crippen LogP contribution in [0.5, 0.6) is 0 Å². The first-order valence-corrected chi connectivity index (χ1v) is 6.27. The van der Waals surface area contributed by atoms with Gasteiger partial charge in [0.15, 0.2) is 0 Å². The Morgan fingerprint density at radius 2 is 2.16 bits per heavy atom. The van der Waals surface area contributed by atoms with E-state index in [1.54, 1.807) is 13.1 Å². The van der Waals surface area contributed by atoms with E-state index < -0.39 is 5.60 Å². The van der Waals surface area contributed by atoms with Crippen molar-refractivity contribution in [2.24, 2.45) is 0 Å². The summed E-state index contributed by atoms with van der Waals surface area (Å²) < 4.78 is 5.44. The van der Waals surface area contributed by atoms with Crippen LogP contribution in [0.1, 0.15) is 24.0 Å². The third-order valence-corrected chi connectivity index (χ3v) is 3.02. The number of rotatable bonds is 4. The van der Waals surface area contributed by atoms with Gasteiger partial charge in [-0.3, -0.25) is 4.98 Å². The fraction of sp³-hybridized carbons (Fsp3) is 0.385. The SMILES string of the molecule is Cc1cc([C@](C)(O)CNc2cncc(Cl)n2)c(C)o1. The van der Waals surface area contributed by atoms with Crippen molar-refractivity contribution in [3.8, 4) is 0 Å². The van der Waals surface area contributed by atoms with Gasteiger partial charge in [0, 0.05) is 12.1 Å². The van der Waals surface area contributed by atoms with Gasteiger partial charge >= 0.3 is 0 Å². The van der Waals surface area contributed by atoms with Crippen LogP contribution in [-0.4, -0.2) is 21.6 Å². The van der Waals surface area contributed by atoms with Gasteiger partial charge in [-0.25, -0.2) is 4.98 Å². The summed E-state index contributed by atoms with van der Waals surface area (Å²) in [6.45, 7) is 5.68. The summed E-state index contributed by atoms with van der Waals surface area (Å²) in [7, 11) is 0. The molecule has 0 spiro atoms. The Bertz CT molecular complexity index is 581. The quantitative estimate of drug-likeness (QED) is 0.901. The van der Waals surface area contributed by atoms with Crippen LogP contribution in [0.25, 0.3) is 0 Å². The van der Waals surface area contributed by atoms with Crippen molar-refractivity contribution in [2.75, 3.05) is 11.9 Å². The van der Waals surface area contributed by atoms with Crippen LogP contribution in [-0.2, 0) is 5.60 Å². The highest BCUT2D eigenvalue weighted by Gasteiger charge is 2.27. The Labute approximate surface area is 116 Å². The van der Waals surface area contributed by atoms with Crippen LogP contribution in [0.3, 0.4) is 0 Å². The van der Waals surface area contributed by atoms with Gasteiger partial charge in [0.25, 0.3) is 0 Å². The predicted molar refractivity (Wildman–Crippen MR) is 73.3 cm³/mol. The normalized spacial score (nSPS) is 14.2. The van der Waals surface area contributed by atoms with Gasteiger partial charge in [0.1, 0.15) is 28.1 Å². The van der Waals surface area contributed by atoms with Gasteiger partial charge in [-0.1, -0.05) is 11.6 Å². The van der Waals surface area contributed by atoms with Crippen molar-refractivity contribution in [3.63, 3.8) is 0 Å². The molecule has 0 aliphatic heterocycles.